The van der Waals surface area contributed by atoms with E-state index in [2.05, 4.69) is 38.5 Å². The number of benzene rings is 1. The summed E-state index contributed by atoms with van der Waals surface area (Å²) in [6.07, 6.45) is 2.44. The van der Waals surface area contributed by atoms with Crippen molar-refractivity contribution < 1.29 is 14.9 Å². The molecule has 0 radical (unpaired) electrons. The van der Waals surface area contributed by atoms with Crippen LogP contribution in [0.25, 0.3) is 0 Å². The van der Waals surface area contributed by atoms with Crippen LogP contribution >= 0.6 is 0 Å². The van der Waals surface area contributed by atoms with E-state index in [0.717, 1.165) is 68.9 Å². The first-order valence-electron chi connectivity index (χ1n) is 12.6. The van der Waals surface area contributed by atoms with Crippen molar-refractivity contribution in [2.75, 3.05) is 55.9 Å². The Morgan fingerprint density at radius 1 is 1.11 bits per heavy atom. The summed E-state index contributed by atoms with van der Waals surface area (Å²) in [7, 11) is 3.78. The van der Waals surface area contributed by atoms with E-state index in [-0.39, 0.29) is 17.8 Å². The third-order valence-corrected chi connectivity index (χ3v) is 6.95. The topological polar surface area (TPSA) is 132 Å². The van der Waals surface area contributed by atoms with Gasteiger partial charge in [-0.05, 0) is 51.3 Å². The quantitative estimate of drug-likeness (QED) is 0.355. The van der Waals surface area contributed by atoms with Crippen LogP contribution in [0.3, 0.4) is 0 Å². The monoisotopic (exact) mass is 485 g/mol. The second kappa shape index (κ2) is 11.4. The molecule has 2 aliphatic rings. The molecule has 10 nitrogen and oxygen atoms in total. The predicted molar refractivity (Wildman–Crippen MR) is 138 cm³/mol. The van der Waals surface area contributed by atoms with E-state index in [1.54, 1.807) is 7.11 Å². The highest BCUT2D eigenvalue weighted by atomic mass is 16.5. The molecule has 2 heterocycles. The Balaban J connectivity index is 1.60. The normalized spacial score (nSPS) is 22.1. The van der Waals surface area contributed by atoms with E-state index in [0.29, 0.717) is 23.8 Å². The summed E-state index contributed by atoms with van der Waals surface area (Å²) in [5.74, 6) is 1.74. The lowest BCUT2D eigenvalue weighted by atomic mass is 9.93. The molecule has 1 aromatic carbocycles. The van der Waals surface area contributed by atoms with Gasteiger partial charge in [0.15, 0.2) is 5.82 Å². The number of rotatable bonds is 8. The molecular weight excluding hydrogens is 446 g/mol. The highest BCUT2D eigenvalue weighted by Gasteiger charge is 2.23. The van der Waals surface area contributed by atoms with Crippen LogP contribution in [-0.2, 0) is 6.42 Å². The average Bonchev–Trinajstić information content (AvgIpc) is 2.86. The fraction of sp³-hybridized carbons (Fsp3) is 0.600. The van der Waals surface area contributed by atoms with E-state index in [1.165, 1.54) is 0 Å². The number of nitrogens with two attached hydrogens (primary N) is 1. The summed E-state index contributed by atoms with van der Waals surface area (Å²) >= 11 is 0. The van der Waals surface area contributed by atoms with Crippen LogP contribution in [0.1, 0.15) is 50.2 Å². The maximum absolute atomic E-state index is 10.3. The fourth-order valence-electron chi connectivity index (χ4n) is 4.73. The molecule has 0 spiro atoms. The minimum atomic E-state index is -1.27. The van der Waals surface area contributed by atoms with E-state index in [4.69, 9.17) is 15.5 Å². The van der Waals surface area contributed by atoms with E-state index in [1.807, 2.05) is 19.1 Å². The number of likely N-dealkylation sites (N-methyl/N-ethyl adjacent to an activating group) is 1. The minimum absolute atomic E-state index is 0.219. The molecule has 35 heavy (non-hydrogen) atoms. The van der Waals surface area contributed by atoms with Gasteiger partial charge in [-0.3, -0.25) is 0 Å². The van der Waals surface area contributed by atoms with Crippen molar-refractivity contribution >= 4 is 23.0 Å². The molecule has 192 valence electrons. The van der Waals surface area contributed by atoms with Crippen molar-refractivity contribution in [3.05, 3.63) is 29.6 Å². The van der Waals surface area contributed by atoms with Gasteiger partial charge in [0.05, 0.1) is 24.6 Å². The van der Waals surface area contributed by atoms with Crippen LogP contribution in [0, 0.1) is 0 Å². The largest absolute Gasteiger partial charge is 0.494 e. The van der Waals surface area contributed by atoms with Crippen LogP contribution in [0.4, 0.5) is 23.0 Å². The molecule has 0 bridgehead atoms. The van der Waals surface area contributed by atoms with Crippen molar-refractivity contribution in [2.24, 2.45) is 5.73 Å². The van der Waals surface area contributed by atoms with Crippen LogP contribution in [0.2, 0.25) is 0 Å². The van der Waals surface area contributed by atoms with Gasteiger partial charge in [0.1, 0.15) is 23.5 Å². The summed E-state index contributed by atoms with van der Waals surface area (Å²) in [5, 5.41) is 26.9. The third kappa shape index (κ3) is 6.13. The molecule has 1 aliphatic carbocycles. The number of nitrogens with one attached hydrogen (secondary N) is 2. The zero-order chi connectivity index (χ0) is 24.9. The first kappa shape index (κ1) is 25.4. The van der Waals surface area contributed by atoms with E-state index >= 15 is 0 Å². The minimum Gasteiger partial charge on any atom is -0.494 e. The Labute approximate surface area is 207 Å². The number of hydrogen-bond acceptors (Lipinski definition) is 10. The molecule has 1 atom stereocenters. The SMILES string of the molecule is CCc1nc(C(N)O)c(Nc2ccc(N3CCN(C)CC3)cc2OC)nc1NC1CCC(O)CC1. The number of hydrogen-bond donors (Lipinski definition) is 5. The first-order valence-corrected chi connectivity index (χ1v) is 12.6. The van der Waals surface area contributed by atoms with Gasteiger partial charge in [0.2, 0.25) is 0 Å². The van der Waals surface area contributed by atoms with Gasteiger partial charge in [0.25, 0.3) is 0 Å². The van der Waals surface area contributed by atoms with Gasteiger partial charge in [-0.1, -0.05) is 6.92 Å². The van der Waals surface area contributed by atoms with Crippen molar-refractivity contribution in [3.63, 3.8) is 0 Å². The van der Waals surface area contributed by atoms with Crippen LogP contribution in [0.15, 0.2) is 18.2 Å². The molecule has 1 unspecified atom stereocenters. The van der Waals surface area contributed by atoms with Crippen LogP contribution < -0.4 is 26.0 Å². The maximum Gasteiger partial charge on any atom is 0.158 e. The van der Waals surface area contributed by atoms with E-state index in [9.17, 15) is 10.2 Å². The summed E-state index contributed by atoms with van der Waals surface area (Å²) < 4.78 is 5.70. The number of piperazine rings is 1. The average molecular weight is 486 g/mol. The van der Waals surface area contributed by atoms with E-state index < -0.39 is 6.23 Å². The number of aromatic nitrogens is 2. The smallest absolute Gasteiger partial charge is 0.158 e. The molecule has 2 aromatic rings. The third-order valence-electron chi connectivity index (χ3n) is 6.95. The van der Waals surface area contributed by atoms with Gasteiger partial charge >= 0.3 is 0 Å². The van der Waals surface area contributed by atoms with Crippen LogP contribution in [0.5, 0.6) is 5.75 Å². The van der Waals surface area contributed by atoms with Crippen molar-refractivity contribution in [3.8, 4) is 5.75 Å². The first-order chi connectivity index (χ1) is 16.9. The lowest BCUT2D eigenvalue weighted by Gasteiger charge is -2.34. The summed E-state index contributed by atoms with van der Waals surface area (Å²) in [4.78, 5) is 14.1. The Hall–Kier alpha value is -2.66. The maximum atomic E-state index is 10.3. The number of methoxy groups -OCH3 is 1. The Bertz CT molecular complexity index is 987. The number of aliphatic hydroxyl groups excluding tert-OH is 2. The molecule has 1 aromatic heterocycles. The van der Waals surface area contributed by atoms with Gasteiger partial charge in [-0.15, -0.1) is 0 Å². The molecule has 10 heteroatoms. The molecule has 1 aliphatic heterocycles. The molecule has 0 amide bonds. The molecular formula is C25H39N7O3. The number of ether oxygens (including phenoxy) is 1. The second-order valence-electron chi connectivity index (χ2n) is 9.50. The molecule has 6 N–H and O–H groups in total. The van der Waals surface area contributed by atoms with Gasteiger partial charge in [-0.2, -0.15) is 0 Å². The van der Waals surface area contributed by atoms with Gasteiger partial charge in [0, 0.05) is 44.0 Å². The fourth-order valence-corrected chi connectivity index (χ4v) is 4.73. The number of aryl methyl sites for hydroxylation is 1. The summed E-state index contributed by atoms with van der Waals surface area (Å²) in [6, 6.07) is 6.27. The number of anilines is 4. The van der Waals surface area contributed by atoms with Gasteiger partial charge < -0.3 is 41.1 Å². The number of nitrogens with zero attached hydrogens (tertiary/aromatic N) is 4. The standard InChI is InChI=1S/C25H39N7O3/c1-4-19-24(27-16-5-8-18(33)9-6-16)30-25(22(28-19)23(26)34)29-20-10-7-17(15-21(20)35-3)32-13-11-31(2)12-14-32/h7,10,15-16,18,23,33-34H,4-6,8-9,11-14,26H2,1-3H3,(H2,27,29,30). The molecule has 2 fully saturated rings. The Kier molecular flexibility index (Phi) is 8.27. The Morgan fingerprint density at radius 2 is 1.83 bits per heavy atom. The zero-order valence-electron chi connectivity index (χ0n) is 21.0. The van der Waals surface area contributed by atoms with Crippen molar-refractivity contribution in [1.82, 2.24) is 14.9 Å². The van der Waals surface area contributed by atoms with Gasteiger partial charge in [-0.25, -0.2) is 9.97 Å². The number of aliphatic hydroxyl groups is 2. The lowest BCUT2D eigenvalue weighted by molar-refractivity contribution is 0.126. The van der Waals surface area contributed by atoms with Crippen molar-refractivity contribution in [2.45, 2.75) is 57.4 Å². The summed E-state index contributed by atoms with van der Waals surface area (Å²) in [6.45, 7) is 5.98. The highest BCUT2D eigenvalue weighted by Crippen LogP contribution is 2.34. The van der Waals surface area contributed by atoms with Crippen LogP contribution in [-0.4, -0.2) is 77.6 Å². The van der Waals surface area contributed by atoms with Crippen molar-refractivity contribution in [1.29, 1.82) is 0 Å². The lowest BCUT2D eigenvalue weighted by Crippen LogP contribution is -2.44. The molecule has 4 rings (SSSR count). The molecule has 1 saturated carbocycles. The second-order valence-corrected chi connectivity index (χ2v) is 9.50. The Morgan fingerprint density at radius 3 is 2.46 bits per heavy atom. The summed E-state index contributed by atoms with van der Waals surface area (Å²) in [5.41, 5.74) is 8.73. The highest BCUT2D eigenvalue weighted by molar-refractivity contribution is 5.71. The zero-order valence-corrected chi connectivity index (χ0v) is 21.0. The predicted octanol–water partition coefficient (Wildman–Crippen LogP) is 2.21. The molecule has 1 saturated heterocycles.